The predicted octanol–water partition coefficient (Wildman–Crippen LogP) is 1.64. The Kier molecular flexibility index (Phi) is 8.05. The van der Waals surface area contributed by atoms with E-state index in [0.717, 1.165) is 5.56 Å². The Morgan fingerprint density at radius 1 is 0.829 bits per heavy atom. The normalized spacial score (nSPS) is 10.8. The van der Waals surface area contributed by atoms with Crippen molar-refractivity contribution in [2.75, 3.05) is 18.4 Å². The molecule has 0 atom stereocenters. The highest BCUT2D eigenvalue weighted by molar-refractivity contribution is 7.92. The van der Waals surface area contributed by atoms with Gasteiger partial charge in [-0.05, 0) is 54.1 Å². The summed E-state index contributed by atoms with van der Waals surface area (Å²) in [6.45, 7) is -0.0648. The number of ether oxygens (including phenoxy) is 1. The van der Waals surface area contributed by atoms with Crippen LogP contribution in [0, 0.1) is 0 Å². The number of hydrogen-bond acceptors (Lipinski definition) is 6. The van der Waals surface area contributed by atoms with Crippen molar-refractivity contribution in [3.05, 3.63) is 89.5 Å². The zero-order chi connectivity index (χ0) is 25.4. The molecule has 0 radical (unpaired) electrons. The van der Waals surface area contributed by atoms with Gasteiger partial charge >= 0.3 is 0 Å². The standard InChI is InChI=1S/C24H24N4O6S/c1-34-21-5-3-2-4-20(21)28-35(32,33)19-12-10-18(11-13-19)23(30)26-14-16-6-8-17(9-7-16)24(31)27-15-22(25)29/h2-13,28H,14-15H2,1H3,(H2,25,29)(H,26,30)(H,27,31). The molecule has 0 spiro atoms. The first-order valence-corrected chi connectivity index (χ1v) is 11.9. The maximum Gasteiger partial charge on any atom is 0.262 e. The van der Waals surface area contributed by atoms with Gasteiger partial charge in [0.15, 0.2) is 0 Å². The molecule has 0 heterocycles. The Morgan fingerprint density at radius 3 is 2.00 bits per heavy atom. The molecule has 0 fully saturated rings. The Morgan fingerprint density at radius 2 is 1.40 bits per heavy atom. The number of para-hydroxylation sites is 2. The van der Waals surface area contributed by atoms with E-state index in [1.165, 1.54) is 31.4 Å². The van der Waals surface area contributed by atoms with Crippen molar-refractivity contribution in [3.8, 4) is 5.75 Å². The number of sulfonamides is 1. The summed E-state index contributed by atoms with van der Waals surface area (Å²) in [5, 5.41) is 5.12. The minimum Gasteiger partial charge on any atom is -0.495 e. The van der Waals surface area contributed by atoms with Gasteiger partial charge in [0.1, 0.15) is 5.75 Å². The second kappa shape index (κ2) is 11.2. The number of carbonyl (C=O) groups excluding carboxylic acids is 3. The first-order valence-electron chi connectivity index (χ1n) is 10.4. The van der Waals surface area contributed by atoms with E-state index in [2.05, 4.69) is 15.4 Å². The number of carbonyl (C=O) groups is 3. The molecule has 0 saturated carbocycles. The van der Waals surface area contributed by atoms with Gasteiger partial charge in [-0.2, -0.15) is 0 Å². The van der Waals surface area contributed by atoms with Gasteiger partial charge in [-0.15, -0.1) is 0 Å². The summed E-state index contributed by atoms with van der Waals surface area (Å²) in [5.74, 6) is -1.09. The summed E-state index contributed by atoms with van der Waals surface area (Å²) in [6, 6.07) is 18.6. The molecule has 0 aromatic heterocycles. The first-order chi connectivity index (χ1) is 16.7. The number of nitrogens with one attached hydrogen (secondary N) is 3. The fourth-order valence-corrected chi connectivity index (χ4v) is 4.12. The van der Waals surface area contributed by atoms with E-state index < -0.39 is 27.7 Å². The van der Waals surface area contributed by atoms with Gasteiger partial charge < -0.3 is 21.1 Å². The van der Waals surface area contributed by atoms with Crippen molar-refractivity contribution in [1.29, 1.82) is 0 Å². The van der Waals surface area contributed by atoms with Crippen LogP contribution in [0.5, 0.6) is 5.75 Å². The van der Waals surface area contributed by atoms with E-state index in [1.54, 1.807) is 48.5 Å². The van der Waals surface area contributed by atoms with Crippen molar-refractivity contribution in [2.24, 2.45) is 5.73 Å². The predicted molar refractivity (Wildman–Crippen MR) is 129 cm³/mol. The molecule has 0 saturated heterocycles. The molecule has 10 nitrogen and oxygen atoms in total. The molecular formula is C24H24N4O6S. The largest absolute Gasteiger partial charge is 0.495 e. The summed E-state index contributed by atoms with van der Waals surface area (Å²) in [7, 11) is -2.44. The molecule has 11 heteroatoms. The Labute approximate surface area is 202 Å². The van der Waals surface area contributed by atoms with E-state index in [9.17, 15) is 22.8 Å². The van der Waals surface area contributed by atoms with Crippen LogP contribution in [-0.4, -0.2) is 39.8 Å². The monoisotopic (exact) mass is 496 g/mol. The molecule has 35 heavy (non-hydrogen) atoms. The van der Waals surface area contributed by atoms with E-state index >= 15 is 0 Å². The van der Waals surface area contributed by atoms with Gasteiger partial charge in [-0.3, -0.25) is 19.1 Å². The van der Waals surface area contributed by atoms with Crippen molar-refractivity contribution >= 4 is 33.4 Å². The van der Waals surface area contributed by atoms with Crippen LogP contribution in [0.1, 0.15) is 26.3 Å². The summed E-state index contributed by atoms with van der Waals surface area (Å²) in [6.07, 6.45) is 0. The smallest absolute Gasteiger partial charge is 0.262 e. The molecule has 3 amide bonds. The number of amides is 3. The van der Waals surface area contributed by atoms with Crippen LogP contribution in [0.3, 0.4) is 0 Å². The number of rotatable bonds is 10. The van der Waals surface area contributed by atoms with Crippen LogP contribution in [0.15, 0.2) is 77.7 Å². The minimum atomic E-state index is -3.88. The van der Waals surface area contributed by atoms with Crippen LogP contribution in [0.25, 0.3) is 0 Å². The molecular weight excluding hydrogens is 472 g/mol. The lowest BCUT2D eigenvalue weighted by Crippen LogP contribution is -2.33. The molecule has 0 unspecified atom stereocenters. The molecule has 0 aliphatic rings. The van der Waals surface area contributed by atoms with Crippen LogP contribution in [0.4, 0.5) is 5.69 Å². The summed E-state index contributed by atoms with van der Waals surface area (Å²) in [5.41, 5.74) is 6.67. The van der Waals surface area contributed by atoms with E-state index in [4.69, 9.17) is 10.5 Å². The van der Waals surface area contributed by atoms with Crippen molar-refractivity contribution < 1.29 is 27.5 Å². The first kappa shape index (κ1) is 25.2. The fourth-order valence-electron chi connectivity index (χ4n) is 3.05. The van der Waals surface area contributed by atoms with Gasteiger partial charge in [-0.1, -0.05) is 24.3 Å². The van der Waals surface area contributed by atoms with Crippen LogP contribution >= 0.6 is 0 Å². The topological polar surface area (TPSA) is 157 Å². The molecule has 5 N–H and O–H groups in total. The van der Waals surface area contributed by atoms with Crippen LogP contribution in [-0.2, 0) is 21.4 Å². The number of nitrogens with two attached hydrogens (primary N) is 1. The number of primary amides is 1. The summed E-state index contributed by atoms with van der Waals surface area (Å²) in [4.78, 5) is 35.1. The average molecular weight is 497 g/mol. The summed E-state index contributed by atoms with van der Waals surface area (Å²) < 4.78 is 33.0. The highest BCUT2D eigenvalue weighted by Gasteiger charge is 2.17. The second-order valence-electron chi connectivity index (χ2n) is 7.36. The lowest BCUT2D eigenvalue weighted by Gasteiger charge is -2.12. The number of benzene rings is 3. The Bertz CT molecular complexity index is 1320. The van der Waals surface area contributed by atoms with Gasteiger partial charge in [0, 0.05) is 17.7 Å². The van der Waals surface area contributed by atoms with Gasteiger partial charge in [0.2, 0.25) is 5.91 Å². The molecule has 182 valence electrons. The quantitative estimate of drug-likeness (QED) is 0.334. The fraction of sp³-hybridized carbons (Fsp3) is 0.125. The molecule has 0 bridgehead atoms. The second-order valence-corrected chi connectivity index (χ2v) is 9.04. The lowest BCUT2D eigenvalue weighted by molar-refractivity contribution is -0.117. The van der Waals surface area contributed by atoms with Gasteiger partial charge in [-0.25, -0.2) is 8.42 Å². The molecule has 0 aliphatic heterocycles. The zero-order valence-corrected chi connectivity index (χ0v) is 19.6. The SMILES string of the molecule is COc1ccccc1NS(=O)(=O)c1ccc(C(=O)NCc2ccc(C(=O)NCC(N)=O)cc2)cc1. The Balaban J connectivity index is 1.59. The third-order valence-corrected chi connectivity index (χ3v) is 6.25. The third-order valence-electron chi connectivity index (χ3n) is 4.87. The summed E-state index contributed by atoms with van der Waals surface area (Å²) >= 11 is 0. The minimum absolute atomic E-state index is 0.00911. The third kappa shape index (κ3) is 6.81. The molecule has 3 aromatic carbocycles. The maximum absolute atomic E-state index is 12.7. The van der Waals surface area contributed by atoms with Gasteiger partial charge in [0.25, 0.3) is 21.8 Å². The number of methoxy groups -OCH3 is 1. The highest BCUT2D eigenvalue weighted by Crippen LogP contribution is 2.26. The lowest BCUT2D eigenvalue weighted by atomic mass is 10.1. The number of hydrogen-bond donors (Lipinski definition) is 4. The van der Waals surface area contributed by atoms with Crippen molar-refractivity contribution in [2.45, 2.75) is 11.4 Å². The molecule has 0 aliphatic carbocycles. The molecule has 3 aromatic rings. The number of anilines is 1. The van der Waals surface area contributed by atoms with Crippen molar-refractivity contribution in [3.63, 3.8) is 0 Å². The Hall–Kier alpha value is -4.38. The van der Waals surface area contributed by atoms with E-state index in [1.807, 2.05) is 0 Å². The molecule has 3 rings (SSSR count). The van der Waals surface area contributed by atoms with Crippen LogP contribution < -0.4 is 25.8 Å². The average Bonchev–Trinajstić information content (AvgIpc) is 2.86. The zero-order valence-electron chi connectivity index (χ0n) is 18.8. The maximum atomic E-state index is 12.7. The van der Waals surface area contributed by atoms with Gasteiger partial charge in [0.05, 0.1) is 24.2 Å². The van der Waals surface area contributed by atoms with E-state index in [0.29, 0.717) is 17.0 Å². The van der Waals surface area contributed by atoms with E-state index in [-0.39, 0.29) is 23.5 Å². The highest BCUT2D eigenvalue weighted by atomic mass is 32.2. The van der Waals surface area contributed by atoms with Crippen LogP contribution in [0.2, 0.25) is 0 Å². The van der Waals surface area contributed by atoms with Crippen molar-refractivity contribution in [1.82, 2.24) is 10.6 Å².